The van der Waals surface area contributed by atoms with E-state index in [0.29, 0.717) is 22.2 Å². The molecule has 3 heterocycles. The van der Waals surface area contributed by atoms with Crippen LogP contribution in [-0.4, -0.2) is 37.2 Å². The summed E-state index contributed by atoms with van der Waals surface area (Å²) in [5.41, 5.74) is 1.47. The Labute approximate surface area is 265 Å². The Morgan fingerprint density at radius 2 is 1.56 bits per heavy atom. The van der Waals surface area contributed by atoms with Crippen molar-refractivity contribution in [2.45, 2.75) is 21.9 Å². The van der Waals surface area contributed by atoms with Gasteiger partial charge in [-0.05, 0) is 91.1 Å². The number of non-ortho nitro benzene ring substituents is 1. The van der Waals surface area contributed by atoms with Gasteiger partial charge in [0.05, 0.1) is 27.8 Å². The van der Waals surface area contributed by atoms with Crippen LogP contribution in [0.2, 0.25) is 0 Å². The van der Waals surface area contributed by atoms with Gasteiger partial charge in [-0.25, -0.2) is 9.59 Å². The van der Waals surface area contributed by atoms with Crippen molar-refractivity contribution in [1.82, 2.24) is 10.3 Å². The predicted octanol–water partition coefficient (Wildman–Crippen LogP) is 6.97. The third kappa shape index (κ3) is 6.12. The summed E-state index contributed by atoms with van der Waals surface area (Å²) in [6, 6.07) is 25.9. The third-order valence-electron chi connectivity index (χ3n) is 7.13. The zero-order chi connectivity index (χ0) is 31.7. The van der Waals surface area contributed by atoms with Crippen molar-refractivity contribution in [1.29, 1.82) is 0 Å². The lowest BCUT2D eigenvalue weighted by atomic mass is 10.0. The number of carboxylic acid groups (broad SMARTS) is 2. The fraction of sp³-hybridized carbons (Fsp3) is 0.0625. The van der Waals surface area contributed by atoms with Gasteiger partial charge in [-0.2, -0.15) is 0 Å². The number of aromatic nitrogens is 1. The number of nitro benzene ring substituents is 1. The van der Waals surface area contributed by atoms with Crippen molar-refractivity contribution < 1.29 is 29.1 Å². The van der Waals surface area contributed by atoms with Gasteiger partial charge in [0.2, 0.25) is 0 Å². The molecule has 224 valence electrons. The fourth-order valence-electron chi connectivity index (χ4n) is 5.05. The number of nitro groups is 1. The second kappa shape index (κ2) is 12.2. The lowest BCUT2D eigenvalue weighted by molar-refractivity contribution is -0.384. The number of nitrogens with zero attached hydrogens (tertiary/aromatic N) is 3. The molecule has 45 heavy (non-hydrogen) atoms. The number of anilines is 1. The standard InChI is InChI=1S/C32H22N4O7S2/c37-30(38)19-15-18(16-20(17-19)31(39)40)26-12-13-27(43-26)29-28(25-3-1-2-14-33-25)34-32(44)35(29)21-4-8-23(9-5-21)45-24-10-6-22(7-11-24)36(41)42/h1-17,28-29H,(H,34,44)(H,37,38)(H,39,40). The van der Waals surface area contributed by atoms with Crippen LogP contribution in [0.25, 0.3) is 11.3 Å². The van der Waals surface area contributed by atoms with Gasteiger partial charge in [-0.15, -0.1) is 0 Å². The van der Waals surface area contributed by atoms with Crippen molar-refractivity contribution in [2.75, 3.05) is 4.90 Å². The number of benzene rings is 3. The molecule has 1 aliphatic rings. The summed E-state index contributed by atoms with van der Waals surface area (Å²) in [6.07, 6.45) is 1.68. The van der Waals surface area contributed by atoms with E-state index in [-0.39, 0.29) is 16.8 Å². The Morgan fingerprint density at radius 1 is 0.911 bits per heavy atom. The molecule has 2 atom stereocenters. The van der Waals surface area contributed by atoms with Crippen molar-refractivity contribution in [2.24, 2.45) is 0 Å². The van der Waals surface area contributed by atoms with Crippen molar-refractivity contribution in [3.63, 3.8) is 0 Å². The number of pyridine rings is 1. The Bertz CT molecular complexity index is 1900. The van der Waals surface area contributed by atoms with Crippen LogP contribution in [0.1, 0.15) is 44.3 Å². The SMILES string of the molecule is O=C(O)c1cc(C(=O)O)cc(-c2ccc(C3C(c4ccccn4)NC(=S)N3c3ccc(Sc4ccc([N+](=O)[O-])cc4)cc3)o2)c1. The molecule has 6 rings (SSSR count). The summed E-state index contributed by atoms with van der Waals surface area (Å²) < 4.78 is 6.30. The lowest BCUT2D eigenvalue weighted by Crippen LogP contribution is -2.29. The summed E-state index contributed by atoms with van der Waals surface area (Å²) in [6.45, 7) is 0. The summed E-state index contributed by atoms with van der Waals surface area (Å²) in [5, 5.41) is 33.8. The van der Waals surface area contributed by atoms with Crippen LogP contribution in [0.3, 0.4) is 0 Å². The maximum Gasteiger partial charge on any atom is 0.335 e. The fourth-order valence-corrected chi connectivity index (χ4v) is 6.21. The first-order valence-electron chi connectivity index (χ1n) is 13.4. The Hall–Kier alpha value is -5.53. The van der Waals surface area contributed by atoms with Gasteiger partial charge in [-0.3, -0.25) is 15.1 Å². The van der Waals surface area contributed by atoms with E-state index in [1.54, 1.807) is 30.5 Å². The van der Waals surface area contributed by atoms with Gasteiger partial charge in [0.15, 0.2) is 5.11 Å². The van der Waals surface area contributed by atoms with Gasteiger partial charge >= 0.3 is 11.9 Å². The number of nitrogens with one attached hydrogen (secondary N) is 1. The maximum atomic E-state index is 11.7. The van der Waals surface area contributed by atoms with E-state index in [4.69, 9.17) is 16.6 Å². The number of aromatic carboxylic acids is 2. The predicted molar refractivity (Wildman–Crippen MR) is 170 cm³/mol. The van der Waals surface area contributed by atoms with Gasteiger partial charge in [0, 0.05) is 39.4 Å². The highest BCUT2D eigenvalue weighted by Crippen LogP contribution is 2.43. The molecule has 3 N–H and O–H groups in total. The van der Waals surface area contributed by atoms with Crippen molar-refractivity contribution in [3.05, 3.63) is 136 Å². The minimum atomic E-state index is -1.26. The number of carboxylic acids is 2. The second-order valence-corrected chi connectivity index (χ2v) is 11.5. The van der Waals surface area contributed by atoms with Crippen LogP contribution in [0, 0.1) is 10.1 Å². The van der Waals surface area contributed by atoms with E-state index in [0.717, 1.165) is 27.2 Å². The minimum absolute atomic E-state index is 0.0243. The molecule has 1 saturated heterocycles. The molecule has 11 nitrogen and oxygen atoms in total. The summed E-state index contributed by atoms with van der Waals surface area (Å²) in [4.78, 5) is 42.1. The zero-order valence-electron chi connectivity index (χ0n) is 23.1. The Kier molecular flexibility index (Phi) is 8.02. The number of hydrogen-bond acceptors (Lipinski definition) is 8. The molecule has 2 unspecified atom stereocenters. The molecule has 2 aromatic heterocycles. The number of rotatable bonds is 9. The molecule has 13 heteroatoms. The molecule has 0 saturated carbocycles. The topological polar surface area (TPSA) is 159 Å². The van der Waals surface area contributed by atoms with Gasteiger partial charge < -0.3 is 24.8 Å². The van der Waals surface area contributed by atoms with Crippen LogP contribution in [0.5, 0.6) is 0 Å². The molecule has 1 aliphatic heterocycles. The highest BCUT2D eigenvalue weighted by molar-refractivity contribution is 7.99. The average Bonchev–Trinajstić information content (AvgIpc) is 3.66. The molecular weight excluding hydrogens is 617 g/mol. The molecular formula is C32H22N4O7S2. The van der Waals surface area contributed by atoms with Crippen LogP contribution in [0.4, 0.5) is 11.4 Å². The second-order valence-electron chi connectivity index (χ2n) is 9.95. The third-order valence-corrected chi connectivity index (χ3v) is 8.46. The van der Waals surface area contributed by atoms with Gasteiger partial charge in [0.25, 0.3) is 5.69 Å². The van der Waals surface area contributed by atoms with E-state index in [1.165, 1.54) is 36.0 Å². The van der Waals surface area contributed by atoms with Gasteiger partial charge in [0.1, 0.15) is 17.6 Å². The summed E-state index contributed by atoms with van der Waals surface area (Å²) in [5.74, 6) is -1.72. The molecule has 0 radical (unpaired) electrons. The average molecular weight is 639 g/mol. The number of carbonyl (C=O) groups is 2. The molecule has 1 fully saturated rings. The van der Waals surface area contributed by atoms with Crippen LogP contribution >= 0.6 is 24.0 Å². The van der Waals surface area contributed by atoms with E-state index in [1.807, 2.05) is 47.4 Å². The Balaban J connectivity index is 1.35. The molecule has 0 amide bonds. The van der Waals surface area contributed by atoms with Crippen molar-refractivity contribution in [3.8, 4) is 11.3 Å². The smallest absolute Gasteiger partial charge is 0.335 e. The first-order valence-corrected chi connectivity index (χ1v) is 14.7. The van der Waals surface area contributed by atoms with E-state index < -0.39 is 28.9 Å². The molecule has 0 bridgehead atoms. The molecule has 0 aliphatic carbocycles. The van der Waals surface area contributed by atoms with Crippen LogP contribution in [-0.2, 0) is 0 Å². The number of thiocarbonyl (C=S) groups is 1. The lowest BCUT2D eigenvalue weighted by Gasteiger charge is -2.26. The van der Waals surface area contributed by atoms with E-state index in [2.05, 4.69) is 10.3 Å². The van der Waals surface area contributed by atoms with Crippen LogP contribution in [0.15, 0.2) is 117 Å². The van der Waals surface area contributed by atoms with E-state index >= 15 is 0 Å². The molecule has 5 aromatic rings. The quantitative estimate of drug-likeness (QED) is 0.0865. The first kappa shape index (κ1) is 29.5. The molecule has 3 aromatic carbocycles. The monoisotopic (exact) mass is 638 g/mol. The van der Waals surface area contributed by atoms with E-state index in [9.17, 15) is 29.9 Å². The normalized spacial score (nSPS) is 15.9. The zero-order valence-corrected chi connectivity index (χ0v) is 24.7. The van der Waals surface area contributed by atoms with Crippen molar-refractivity contribution >= 4 is 52.4 Å². The first-order chi connectivity index (χ1) is 21.7. The van der Waals surface area contributed by atoms with Gasteiger partial charge in [-0.1, -0.05) is 17.8 Å². The largest absolute Gasteiger partial charge is 0.478 e. The maximum absolute atomic E-state index is 11.7. The van der Waals surface area contributed by atoms with Crippen LogP contribution < -0.4 is 10.2 Å². The highest BCUT2D eigenvalue weighted by Gasteiger charge is 2.42. The minimum Gasteiger partial charge on any atom is -0.478 e. The molecule has 0 spiro atoms. The number of hydrogen-bond donors (Lipinski definition) is 3. The summed E-state index contributed by atoms with van der Waals surface area (Å²) >= 11 is 7.25. The highest BCUT2D eigenvalue weighted by atomic mass is 32.2. The Morgan fingerprint density at radius 3 is 2.13 bits per heavy atom. The summed E-state index contributed by atoms with van der Waals surface area (Å²) in [7, 11) is 0. The number of furan rings is 1.